The molecule has 1 rings (SSSR count). The van der Waals surface area contributed by atoms with E-state index in [0.29, 0.717) is 31.7 Å². The van der Waals surface area contributed by atoms with Crippen molar-refractivity contribution < 1.29 is 9.05 Å². The zero-order valence-electron chi connectivity index (χ0n) is 36.9. The minimum Gasteiger partial charge on any atom is -0.397 e. The largest absolute Gasteiger partial charge is 0.397 e. The lowest BCUT2D eigenvalue weighted by Gasteiger charge is -2.29. The first-order valence-corrected chi connectivity index (χ1v) is 27.3. The van der Waals surface area contributed by atoms with Gasteiger partial charge in [-0.05, 0) is 107 Å². The van der Waals surface area contributed by atoms with Crippen molar-refractivity contribution in [2.75, 3.05) is 69.5 Å². The van der Waals surface area contributed by atoms with Crippen LogP contribution in [0.5, 0.6) is 0 Å². The number of rotatable bonds is 41. The zero-order valence-corrected chi connectivity index (χ0v) is 39.4. The van der Waals surface area contributed by atoms with Crippen LogP contribution in [0.2, 0.25) is 0 Å². The van der Waals surface area contributed by atoms with Crippen molar-refractivity contribution in [3.63, 3.8) is 0 Å². The first-order valence-electron chi connectivity index (χ1n) is 23.1. The van der Waals surface area contributed by atoms with Crippen molar-refractivity contribution in [2.45, 2.75) is 183 Å². The SMILES string of the molecule is CCCCCCCCCCCCCCNCCCNCCCN(CNc1ccc(C)cc1N)CSP(=S)(OCC(CC)CCCC)OCC(CC)CCCC. The van der Waals surface area contributed by atoms with Gasteiger partial charge in [-0.2, -0.15) is 0 Å². The summed E-state index contributed by atoms with van der Waals surface area (Å²) in [6.07, 6.45) is 28.6. The molecule has 2 unspecified atom stereocenters. The summed E-state index contributed by atoms with van der Waals surface area (Å²) in [6.45, 7) is 20.8. The molecule has 0 aromatic heterocycles. The minimum absolute atomic E-state index is 0.534. The molecule has 0 amide bonds. The maximum absolute atomic E-state index is 6.65. The normalized spacial score (nSPS) is 14.0. The quantitative estimate of drug-likeness (QED) is 0.0223. The number of aryl methyl sites for hydroxylation is 1. The maximum Gasteiger partial charge on any atom is 0.248 e. The minimum atomic E-state index is -2.53. The molecule has 0 fully saturated rings. The van der Waals surface area contributed by atoms with Crippen LogP contribution in [0.1, 0.15) is 181 Å². The molecular weight excluding hydrogens is 738 g/mol. The molecule has 0 heterocycles. The second-order valence-corrected chi connectivity index (χ2v) is 22.3. The van der Waals surface area contributed by atoms with Crippen molar-refractivity contribution in [3.8, 4) is 0 Å². The van der Waals surface area contributed by atoms with Crippen LogP contribution in [0.4, 0.5) is 11.4 Å². The van der Waals surface area contributed by atoms with Crippen LogP contribution in [0.3, 0.4) is 0 Å². The highest BCUT2D eigenvalue weighted by atomic mass is 32.9. The van der Waals surface area contributed by atoms with Crippen LogP contribution < -0.4 is 21.7 Å². The lowest BCUT2D eigenvalue weighted by Crippen LogP contribution is -2.32. The van der Waals surface area contributed by atoms with Crippen LogP contribution in [-0.2, 0) is 20.9 Å². The highest BCUT2D eigenvalue weighted by Gasteiger charge is 2.25. The van der Waals surface area contributed by atoms with Crippen LogP contribution >= 0.6 is 17.1 Å². The van der Waals surface area contributed by atoms with E-state index in [9.17, 15) is 0 Å². The smallest absolute Gasteiger partial charge is 0.248 e. The van der Waals surface area contributed by atoms with Crippen LogP contribution in [0.15, 0.2) is 18.2 Å². The van der Waals surface area contributed by atoms with Gasteiger partial charge < -0.3 is 30.7 Å². The number of benzene rings is 1. The maximum atomic E-state index is 6.65. The van der Waals surface area contributed by atoms with E-state index in [1.54, 1.807) is 11.4 Å². The van der Waals surface area contributed by atoms with E-state index in [1.807, 2.05) is 6.07 Å². The first-order chi connectivity index (χ1) is 26.8. The Bertz CT molecular complexity index is 1030. The molecule has 10 heteroatoms. The van der Waals surface area contributed by atoms with Crippen LogP contribution in [0.25, 0.3) is 0 Å². The van der Waals surface area contributed by atoms with Crippen molar-refractivity contribution in [2.24, 2.45) is 11.8 Å². The third kappa shape index (κ3) is 29.5. The molecule has 0 spiro atoms. The first kappa shape index (κ1) is 52.6. The van der Waals surface area contributed by atoms with Gasteiger partial charge in [0.2, 0.25) is 5.69 Å². The molecule has 0 aliphatic rings. The number of hydrogen-bond donors (Lipinski definition) is 4. The summed E-state index contributed by atoms with van der Waals surface area (Å²) in [5.41, 5.74) is 6.79. The number of nitrogens with one attached hydrogen (secondary N) is 3. The van der Waals surface area contributed by atoms with Gasteiger partial charge in [0.1, 0.15) is 0 Å². The van der Waals surface area contributed by atoms with Crippen molar-refractivity contribution in [1.82, 2.24) is 15.5 Å². The van der Waals surface area contributed by atoms with E-state index in [2.05, 4.69) is 74.5 Å². The van der Waals surface area contributed by atoms with E-state index >= 15 is 0 Å². The van der Waals surface area contributed by atoms with Crippen molar-refractivity contribution >= 4 is 40.3 Å². The number of nitrogens with zero attached hydrogens (tertiary/aromatic N) is 1. The lowest BCUT2D eigenvalue weighted by atomic mass is 10.0. The summed E-state index contributed by atoms with van der Waals surface area (Å²) in [5, 5.41) is 11.0. The predicted molar refractivity (Wildman–Crippen MR) is 252 cm³/mol. The second kappa shape index (κ2) is 36.7. The number of nitrogens with two attached hydrogens (primary N) is 1. The third-order valence-corrected chi connectivity index (χ3v) is 16.1. The summed E-state index contributed by atoms with van der Waals surface area (Å²) in [7, 11) is 0. The molecule has 1 aromatic rings. The molecular formula is C45H90N5O2PS2. The summed E-state index contributed by atoms with van der Waals surface area (Å²) in [5.74, 6) is 1.83. The Hall–Kier alpha value is -0.380. The van der Waals surface area contributed by atoms with Gasteiger partial charge in [0.05, 0.1) is 37.1 Å². The van der Waals surface area contributed by atoms with E-state index < -0.39 is 5.69 Å². The van der Waals surface area contributed by atoms with E-state index in [0.717, 1.165) is 75.7 Å². The Morgan fingerprint density at radius 2 is 1.16 bits per heavy atom. The molecule has 7 nitrogen and oxygen atoms in total. The number of nitrogen functional groups attached to an aromatic ring is 1. The van der Waals surface area contributed by atoms with Gasteiger partial charge in [-0.3, -0.25) is 4.90 Å². The average molecular weight is 828 g/mol. The molecule has 0 bridgehead atoms. The fourth-order valence-corrected chi connectivity index (χ4v) is 10.8. The summed E-state index contributed by atoms with van der Waals surface area (Å²) in [6, 6.07) is 6.23. The fraction of sp³-hybridized carbons (Fsp3) is 0.867. The van der Waals surface area contributed by atoms with E-state index in [-0.39, 0.29) is 0 Å². The van der Waals surface area contributed by atoms with Crippen LogP contribution in [0, 0.1) is 18.8 Å². The lowest BCUT2D eigenvalue weighted by molar-refractivity contribution is 0.188. The Morgan fingerprint density at radius 3 is 1.67 bits per heavy atom. The third-order valence-electron chi connectivity index (χ3n) is 10.9. The highest BCUT2D eigenvalue weighted by molar-refractivity contribution is 8.67. The van der Waals surface area contributed by atoms with E-state index in [1.165, 1.54) is 121 Å². The van der Waals surface area contributed by atoms with Crippen molar-refractivity contribution in [3.05, 3.63) is 23.8 Å². The Balaban J connectivity index is 2.54. The molecule has 0 aliphatic heterocycles. The molecule has 1 aromatic carbocycles. The standard InChI is InChI=1S/C45H90N5O2PS2/c1-7-12-15-16-17-18-19-20-21-22-23-24-31-47-32-25-33-48-34-26-35-50(39-49-45-30-29-41(6)36-44(45)46)40-55-53(54,51-37-42(10-4)27-13-8-2)52-38-43(11-5)28-14-9-3/h29-30,36,42-43,47-49H,7-28,31-35,37-40,46H2,1-6H3. The van der Waals surface area contributed by atoms with E-state index in [4.69, 9.17) is 26.6 Å². The van der Waals surface area contributed by atoms with Gasteiger partial charge in [-0.25, -0.2) is 0 Å². The topological polar surface area (TPSA) is 83.8 Å². The highest BCUT2D eigenvalue weighted by Crippen LogP contribution is 2.61. The van der Waals surface area contributed by atoms with Gasteiger partial charge in [0.25, 0.3) is 0 Å². The number of hydrogen-bond acceptors (Lipinski definition) is 9. The molecule has 2 atom stereocenters. The fourth-order valence-electron chi connectivity index (χ4n) is 6.79. The molecule has 324 valence electrons. The monoisotopic (exact) mass is 828 g/mol. The van der Waals surface area contributed by atoms with Gasteiger partial charge in [0, 0.05) is 6.54 Å². The second-order valence-electron chi connectivity index (χ2n) is 16.0. The molecule has 55 heavy (non-hydrogen) atoms. The van der Waals surface area contributed by atoms with Gasteiger partial charge in [-0.1, -0.05) is 161 Å². The van der Waals surface area contributed by atoms with Crippen LogP contribution in [-0.4, -0.2) is 63.4 Å². The Morgan fingerprint density at radius 1 is 0.673 bits per heavy atom. The summed E-state index contributed by atoms with van der Waals surface area (Å²) < 4.78 is 13.3. The van der Waals surface area contributed by atoms with Crippen molar-refractivity contribution in [1.29, 1.82) is 0 Å². The molecule has 0 radical (unpaired) electrons. The summed E-state index contributed by atoms with van der Waals surface area (Å²) in [4.78, 5) is 2.44. The predicted octanol–water partition coefficient (Wildman–Crippen LogP) is 13.3. The van der Waals surface area contributed by atoms with Gasteiger partial charge in [-0.15, -0.1) is 0 Å². The molecule has 0 saturated carbocycles. The number of anilines is 2. The molecule has 0 saturated heterocycles. The molecule has 5 N–H and O–H groups in total. The van der Waals surface area contributed by atoms with Gasteiger partial charge in [0.15, 0.2) is 0 Å². The Kier molecular flexibility index (Phi) is 35.1. The Labute approximate surface area is 351 Å². The molecule has 0 aliphatic carbocycles. The number of unbranched alkanes of at least 4 members (excludes halogenated alkanes) is 13. The summed E-state index contributed by atoms with van der Waals surface area (Å²) >= 11 is 8.03. The van der Waals surface area contributed by atoms with Gasteiger partial charge >= 0.3 is 0 Å². The average Bonchev–Trinajstić information content (AvgIpc) is 3.18. The zero-order chi connectivity index (χ0) is 40.2.